The van der Waals surface area contributed by atoms with Gasteiger partial charge >= 0.3 is 0 Å². The normalized spacial score (nSPS) is 17.4. The molecule has 2 aromatic heterocycles. The van der Waals surface area contributed by atoms with Gasteiger partial charge in [-0.2, -0.15) is 5.10 Å². The molecule has 0 spiro atoms. The van der Waals surface area contributed by atoms with Crippen molar-refractivity contribution in [2.75, 3.05) is 20.1 Å². The lowest BCUT2D eigenvalue weighted by Crippen LogP contribution is -2.32. The fourth-order valence-electron chi connectivity index (χ4n) is 2.71. The number of likely N-dealkylation sites (tertiary alicyclic amines) is 1. The van der Waals surface area contributed by atoms with E-state index in [1.165, 1.54) is 12.8 Å². The molecule has 1 fully saturated rings. The lowest BCUT2D eigenvalue weighted by Gasteiger charge is -2.29. The molecule has 3 rings (SSSR count). The van der Waals surface area contributed by atoms with E-state index in [0.717, 1.165) is 31.0 Å². The summed E-state index contributed by atoms with van der Waals surface area (Å²) in [5.74, 6) is 1.56. The quantitative estimate of drug-likeness (QED) is 0.881. The molecule has 1 saturated heterocycles. The maximum absolute atomic E-state index is 5.38. The van der Waals surface area contributed by atoms with E-state index in [1.807, 2.05) is 18.3 Å². The average molecular weight is 289 g/mol. The monoisotopic (exact) mass is 289 g/mol. The molecule has 0 bridgehead atoms. The predicted octanol–water partition coefficient (Wildman–Crippen LogP) is 2.34. The maximum atomic E-state index is 5.38. The minimum Gasteiger partial charge on any atom is -0.306 e. The zero-order chi connectivity index (χ0) is 13.9. The highest BCUT2D eigenvalue weighted by Gasteiger charge is 2.19. The van der Waals surface area contributed by atoms with Gasteiger partial charge in [-0.1, -0.05) is 0 Å². The van der Waals surface area contributed by atoms with E-state index in [2.05, 4.69) is 31.7 Å². The van der Waals surface area contributed by atoms with Crippen molar-refractivity contribution in [3.8, 4) is 11.4 Å². The molecule has 0 unspecified atom stereocenters. The number of aromatic nitrogens is 4. The van der Waals surface area contributed by atoms with Crippen molar-refractivity contribution < 1.29 is 0 Å². The molecular weight excluding hydrogens is 270 g/mol. The Morgan fingerprint density at radius 3 is 2.90 bits per heavy atom. The van der Waals surface area contributed by atoms with E-state index < -0.39 is 0 Å². The van der Waals surface area contributed by atoms with Crippen LogP contribution in [0.1, 0.15) is 12.8 Å². The second-order valence-electron chi connectivity index (χ2n) is 5.45. The number of nitrogens with zero attached hydrogens (tertiary/aromatic N) is 4. The fraction of sp³-hybridized carbons (Fsp3) is 0.500. The first-order valence-corrected chi connectivity index (χ1v) is 7.39. The number of rotatable bonds is 3. The summed E-state index contributed by atoms with van der Waals surface area (Å²) in [4.78, 5) is 6.54. The van der Waals surface area contributed by atoms with Gasteiger partial charge in [-0.05, 0) is 63.2 Å². The molecular formula is C14H19N5S. The Morgan fingerprint density at radius 2 is 2.20 bits per heavy atom. The number of aromatic amines is 1. The van der Waals surface area contributed by atoms with E-state index >= 15 is 0 Å². The van der Waals surface area contributed by atoms with Gasteiger partial charge in [0.1, 0.15) is 0 Å². The molecule has 5 nitrogen and oxygen atoms in total. The summed E-state index contributed by atoms with van der Waals surface area (Å²) in [5.41, 5.74) is 1.01. The van der Waals surface area contributed by atoms with Crippen LogP contribution in [0.5, 0.6) is 0 Å². The highest BCUT2D eigenvalue weighted by Crippen LogP contribution is 2.22. The van der Waals surface area contributed by atoms with Crippen LogP contribution in [0.15, 0.2) is 24.5 Å². The van der Waals surface area contributed by atoms with Gasteiger partial charge in [0, 0.05) is 24.5 Å². The number of H-pyrrole nitrogens is 1. The van der Waals surface area contributed by atoms with Gasteiger partial charge in [0.2, 0.25) is 0 Å². The highest BCUT2D eigenvalue weighted by molar-refractivity contribution is 7.71. The van der Waals surface area contributed by atoms with Crippen molar-refractivity contribution >= 4 is 12.2 Å². The minimum absolute atomic E-state index is 0.672. The van der Waals surface area contributed by atoms with Crippen LogP contribution < -0.4 is 0 Å². The van der Waals surface area contributed by atoms with Crippen LogP contribution in [0.25, 0.3) is 11.4 Å². The number of hydrogen-bond donors (Lipinski definition) is 1. The van der Waals surface area contributed by atoms with Gasteiger partial charge in [-0.15, -0.1) is 0 Å². The molecule has 1 N–H and O–H groups in total. The topological polar surface area (TPSA) is 49.7 Å². The van der Waals surface area contributed by atoms with Crippen LogP contribution in [0.3, 0.4) is 0 Å². The third kappa shape index (κ3) is 2.81. The Morgan fingerprint density at radius 1 is 1.40 bits per heavy atom. The van der Waals surface area contributed by atoms with Crippen LogP contribution in [0.2, 0.25) is 0 Å². The summed E-state index contributed by atoms with van der Waals surface area (Å²) in [7, 11) is 2.18. The smallest absolute Gasteiger partial charge is 0.195 e. The number of nitrogens with one attached hydrogen (secondary N) is 1. The fourth-order valence-corrected chi connectivity index (χ4v) is 2.91. The van der Waals surface area contributed by atoms with E-state index in [-0.39, 0.29) is 0 Å². The second-order valence-corrected chi connectivity index (χ2v) is 5.84. The van der Waals surface area contributed by atoms with Crippen LogP contribution in [0, 0.1) is 10.7 Å². The molecule has 0 radical (unpaired) electrons. The van der Waals surface area contributed by atoms with E-state index in [0.29, 0.717) is 10.7 Å². The number of pyridine rings is 1. The zero-order valence-electron chi connectivity index (χ0n) is 11.6. The van der Waals surface area contributed by atoms with Crippen LogP contribution in [-0.4, -0.2) is 44.8 Å². The lowest BCUT2D eigenvalue weighted by molar-refractivity contribution is 0.205. The molecule has 0 atom stereocenters. The molecule has 2 aromatic rings. The Hall–Kier alpha value is -1.53. The van der Waals surface area contributed by atoms with Crippen molar-refractivity contribution in [3.63, 3.8) is 0 Å². The van der Waals surface area contributed by atoms with E-state index in [1.54, 1.807) is 6.20 Å². The van der Waals surface area contributed by atoms with Gasteiger partial charge in [0.25, 0.3) is 0 Å². The average Bonchev–Trinajstić information content (AvgIpc) is 2.84. The summed E-state index contributed by atoms with van der Waals surface area (Å²) < 4.78 is 2.81. The molecule has 1 aliphatic rings. The van der Waals surface area contributed by atoms with Crippen LogP contribution in [-0.2, 0) is 6.54 Å². The summed E-state index contributed by atoms with van der Waals surface area (Å²) in [6.45, 7) is 3.27. The Balaban J connectivity index is 1.83. The van der Waals surface area contributed by atoms with Crippen LogP contribution in [0.4, 0.5) is 0 Å². The molecule has 0 aromatic carbocycles. The maximum Gasteiger partial charge on any atom is 0.195 e. The Kier molecular flexibility index (Phi) is 3.93. The lowest BCUT2D eigenvalue weighted by atomic mass is 9.97. The van der Waals surface area contributed by atoms with E-state index in [9.17, 15) is 0 Å². The minimum atomic E-state index is 0.672. The van der Waals surface area contributed by atoms with Gasteiger partial charge in [0.15, 0.2) is 10.6 Å². The molecule has 0 aliphatic carbocycles. The number of hydrogen-bond acceptors (Lipinski definition) is 4. The van der Waals surface area contributed by atoms with Crippen molar-refractivity contribution in [2.24, 2.45) is 5.92 Å². The summed E-state index contributed by atoms with van der Waals surface area (Å²) >= 11 is 5.38. The molecule has 106 valence electrons. The SMILES string of the molecule is CN1CCC(Cn2c(-c3cccnc3)n[nH]c2=S)CC1. The standard InChI is InChI=1S/C14H19N5S/c1-18-7-4-11(5-8-18)10-19-13(16-17-14(19)20)12-3-2-6-15-9-12/h2-3,6,9,11H,4-5,7-8,10H2,1H3,(H,17,20). The zero-order valence-corrected chi connectivity index (χ0v) is 12.4. The first-order valence-electron chi connectivity index (χ1n) is 6.98. The molecule has 3 heterocycles. The third-order valence-electron chi connectivity index (χ3n) is 3.96. The van der Waals surface area contributed by atoms with Crippen molar-refractivity contribution in [2.45, 2.75) is 19.4 Å². The van der Waals surface area contributed by atoms with Gasteiger partial charge in [-0.25, -0.2) is 0 Å². The third-order valence-corrected chi connectivity index (χ3v) is 4.27. The van der Waals surface area contributed by atoms with Gasteiger partial charge in [-0.3, -0.25) is 14.6 Å². The van der Waals surface area contributed by atoms with Crippen molar-refractivity contribution in [1.82, 2.24) is 24.6 Å². The molecule has 0 saturated carbocycles. The van der Waals surface area contributed by atoms with Gasteiger partial charge in [0.05, 0.1) is 0 Å². The Bertz CT molecular complexity index is 610. The van der Waals surface area contributed by atoms with Crippen molar-refractivity contribution in [1.29, 1.82) is 0 Å². The van der Waals surface area contributed by atoms with Crippen LogP contribution >= 0.6 is 12.2 Å². The van der Waals surface area contributed by atoms with Gasteiger partial charge < -0.3 is 4.90 Å². The molecule has 0 amide bonds. The summed E-state index contributed by atoms with van der Waals surface area (Å²) in [6.07, 6.45) is 6.04. The first kappa shape index (κ1) is 13.5. The number of piperidine rings is 1. The molecule has 6 heteroatoms. The second kappa shape index (κ2) is 5.85. The summed E-state index contributed by atoms with van der Waals surface area (Å²) in [5, 5.41) is 7.27. The van der Waals surface area contributed by atoms with Crippen molar-refractivity contribution in [3.05, 3.63) is 29.3 Å². The predicted molar refractivity (Wildman–Crippen MR) is 80.9 cm³/mol. The first-order chi connectivity index (χ1) is 9.74. The largest absolute Gasteiger partial charge is 0.306 e. The molecule has 20 heavy (non-hydrogen) atoms. The highest BCUT2D eigenvalue weighted by atomic mass is 32.1. The Labute approximate surface area is 123 Å². The van der Waals surface area contributed by atoms with E-state index in [4.69, 9.17) is 12.2 Å². The molecule has 1 aliphatic heterocycles. The summed E-state index contributed by atoms with van der Waals surface area (Å²) in [6, 6.07) is 3.94.